The van der Waals surface area contributed by atoms with Gasteiger partial charge in [0.25, 0.3) is 0 Å². The van der Waals surface area contributed by atoms with Gasteiger partial charge in [0.05, 0.1) is 12.4 Å². The van der Waals surface area contributed by atoms with Crippen molar-refractivity contribution in [3.05, 3.63) is 29.8 Å². The first kappa shape index (κ1) is 23.5. The summed E-state index contributed by atoms with van der Waals surface area (Å²) in [4.78, 5) is 2.50. The van der Waals surface area contributed by atoms with E-state index in [1.165, 1.54) is 31.5 Å². The zero-order chi connectivity index (χ0) is 21.5. The molecule has 0 unspecified atom stereocenters. The van der Waals surface area contributed by atoms with Gasteiger partial charge >= 0.3 is 0 Å². The molecular weight excluding hydrogens is 400 g/mol. The molecule has 2 saturated heterocycles. The largest absolute Gasteiger partial charge is 0.494 e. The van der Waals surface area contributed by atoms with Crippen LogP contribution in [0, 0.1) is 0 Å². The van der Waals surface area contributed by atoms with E-state index in [1.807, 2.05) is 19.1 Å². The zero-order valence-electron chi connectivity index (χ0n) is 18.6. The molecule has 0 N–H and O–H groups in total. The molecule has 0 aromatic heterocycles. The van der Waals surface area contributed by atoms with Crippen LogP contribution in [0.15, 0.2) is 24.3 Å². The van der Waals surface area contributed by atoms with Crippen molar-refractivity contribution in [2.75, 3.05) is 58.8 Å². The van der Waals surface area contributed by atoms with Gasteiger partial charge < -0.3 is 14.4 Å². The molecule has 2 heterocycles. The van der Waals surface area contributed by atoms with Crippen LogP contribution >= 0.6 is 0 Å². The number of hydrogen-bond donors (Lipinski definition) is 0. The Balaban J connectivity index is 1.61. The molecule has 2 aliphatic rings. The summed E-state index contributed by atoms with van der Waals surface area (Å²) >= 11 is 0. The molecule has 0 saturated carbocycles. The first-order valence-corrected chi connectivity index (χ1v) is 13.0. The lowest BCUT2D eigenvalue weighted by atomic mass is 9.74. The van der Waals surface area contributed by atoms with Gasteiger partial charge in [0, 0.05) is 38.8 Å². The second-order valence-corrected chi connectivity index (χ2v) is 10.9. The number of rotatable bonds is 11. The maximum absolute atomic E-state index is 12.5. The van der Waals surface area contributed by atoms with Crippen LogP contribution in [0.1, 0.15) is 51.0 Å². The van der Waals surface area contributed by atoms with Gasteiger partial charge in [-0.1, -0.05) is 19.1 Å². The Hall–Kier alpha value is -1.15. The minimum absolute atomic E-state index is 0.195. The Morgan fingerprint density at radius 1 is 1.13 bits per heavy atom. The molecule has 6 nitrogen and oxygen atoms in total. The normalized spacial score (nSPS) is 20.0. The Bertz CT molecular complexity index is 739. The smallest absolute Gasteiger partial charge is 0.213 e. The van der Waals surface area contributed by atoms with Crippen molar-refractivity contribution in [3.8, 4) is 5.75 Å². The van der Waals surface area contributed by atoms with E-state index in [9.17, 15) is 8.42 Å². The number of ether oxygens (including phenoxy) is 2. The molecule has 1 aromatic carbocycles. The molecule has 2 aliphatic heterocycles. The van der Waals surface area contributed by atoms with E-state index in [4.69, 9.17) is 9.47 Å². The van der Waals surface area contributed by atoms with Crippen molar-refractivity contribution < 1.29 is 17.9 Å². The van der Waals surface area contributed by atoms with Gasteiger partial charge in [0.1, 0.15) is 5.75 Å². The summed E-state index contributed by atoms with van der Waals surface area (Å²) in [6.07, 6.45) is 5.98. The first-order chi connectivity index (χ1) is 14.5. The Morgan fingerprint density at radius 3 is 2.43 bits per heavy atom. The highest BCUT2D eigenvalue weighted by atomic mass is 32.2. The van der Waals surface area contributed by atoms with Crippen molar-refractivity contribution in [2.24, 2.45) is 0 Å². The number of likely N-dealkylation sites (N-methyl/N-ethyl adjacent to an activating group) is 1. The number of hydrogen-bond acceptors (Lipinski definition) is 5. The van der Waals surface area contributed by atoms with E-state index in [0.29, 0.717) is 26.2 Å². The average molecular weight is 439 g/mol. The Morgan fingerprint density at radius 2 is 1.80 bits per heavy atom. The van der Waals surface area contributed by atoms with Crippen molar-refractivity contribution in [3.63, 3.8) is 0 Å². The van der Waals surface area contributed by atoms with Crippen LogP contribution in [-0.4, -0.2) is 76.4 Å². The predicted molar refractivity (Wildman–Crippen MR) is 121 cm³/mol. The quantitative estimate of drug-likeness (QED) is 0.496. The highest BCUT2D eigenvalue weighted by Gasteiger charge is 2.37. The molecule has 0 bridgehead atoms. The predicted octanol–water partition coefficient (Wildman–Crippen LogP) is 3.27. The van der Waals surface area contributed by atoms with Crippen molar-refractivity contribution in [1.29, 1.82) is 0 Å². The van der Waals surface area contributed by atoms with E-state index < -0.39 is 10.0 Å². The average Bonchev–Trinajstić information content (AvgIpc) is 3.26. The molecule has 0 spiro atoms. The molecule has 1 aromatic rings. The highest BCUT2D eigenvalue weighted by molar-refractivity contribution is 7.89. The zero-order valence-corrected chi connectivity index (χ0v) is 19.5. The van der Waals surface area contributed by atoms with E-state index in [2.05, 4.69) is 17.0 Å². The van der Waals surface area contributed by atoms with Crippen LogP contribution in [0.3, 0.4) is 0 Å². The molecule has 7 heteroatoms. The summed E-state index contributed by atoms with van der Waals surface area (Å²) in [5, 5.41) is 0. The van der Waals surface area contributed by atoms with E-state index in [1.54, 1.807) is 11.4 Å². The fraction of sp³-hybridized carbons (Fsp3) is 0.739. The van der Waals surface area contributed by atoms with Crippen molar-refractivity contribution in [1.82, 2.24) is 9.21 Å². The van der Waals surface area contributed by atoms with Gasteiger partial charge in [0.15, 0.2) is 0 Å². The van der Waals surface area contributed by atoms with Crippen LogP contribution in [0.2, 0.25) is 0 Å². The monoisotopic (exact) mass is 438 g/mol. The maximum atomic E-state index is 12.5. The highest BCUT2D eigenvalue weighted by Crippen LogP contribution is 2.37. The molecule has 0 amide bonds. The topological polar surface area (TPSA) is 59.1 Å². The lowest BCUT2D eigenvalue weighted by Gasteiger charge is -2.40. The van der Waals surface area contributed by atoms with E-state index in [-0.39, 0.29) is 11.2 Å². The SMILES string of the molecule is CCCS(=O)(=O)N(C)CC1(c2ccc(OCCCN3CCCC3)cc2)CCOCC1. The summed E-state index contributed by atoms with van der Waals surface area (Å²) in [7, 11) is -1.51. The molecular formula is C23H38N2O4S. The van der Waals surface area contributed by atoms with Gasteiger partial charge in [-0.2, -0.15) is 0 Å². The third kappa shape index (κ3) is 6.19. The minimum Gasteiger partial charge on any atom is -0.494 e. The van der Waals surface area contributed by atoms with Gasteiger partial charge in [0.2, 0.25) is 10.0 Å². The van der Waals surface area contributed by atoms with Crippen molar-refractivity contribution in [2.45, 2.75) is 50.9 Å². The molecule has 0 atom stereocenters. The summed E-state index contributed by atoms with van der Waals surface area (Å²) in [6.45, 7) is 8.01. The summed E-state index contributed by atoms with van der Waals surface area (Å²) in [5.41, 5.74) is 0.969. The minimum atomic E-state index is -3.22. The molecule has 3 rings (SSSR count). The second kappa shape index (κ2) is 10.9. The van der Waals surface area contributed by atoms with Crippen LogP contribution in [0.25, 0.3) is 0 Å². The summed E-state index contributed by atoms with van der Waals surface area (Å²) in [5.74, 6) is 1.08. The number of nitrogens with zero attached hydrogens (tertiary/aromatic N) is 2. The third-order valence-corrected chi connectivity index (χ3v) is 8.47. The van der Waals surface area contributed by atoms with Crippen LogP contribution in [-0.2, 0) is 20.2 Å². The van der Waals surface area contributed by atoms with E-state index >= 15 is 0 Å². The summed E-state index contributed by atoms with van der Waals surface area (Å²) in [6, 6.07) is 8.29. The number of benzene rings is 1. The number of likely N-dealkylation sites (tertiary alicyclic amines) is 1. The maximum Gasteiger partial charge on any atom is 0.213 e. The summed E-state index contributed by atoms with van der Waals surface area (Å²) < 4.78 is 38.2. The molecule has 30 heavy (non-hydrogen) atoms. The fourth-order valence-electron chi connectivity index (χ4n) is 4.63. The van der Waals surface area contributed by atoms with Crippen LogP contribution < -0.4 is 4.74 Å². The fourth-order valence-corrected chi connectivity index (χ4v) is 5.90. The van der Waals surface area contributed by atoms with Gasteiger partial charge in [-0.05, 0) is 69.3 Å². The number of sulfonamides is 1. The lowest BCUT2D eigenvalue weighted by molar-refractivity contribution is 0.0446. The van der Waals surface area contributed by atoms with Gasteiger partial charge in [-0.3, -0.25) is 0 Å². The Labute approximate surface area is 182 Å². The van der Waals surface area contributed by atoms with Crippen LogP contribution in [0.5, 0.6) is 5.75 Å². The molecule has 2 fully saturated rings. The first-order valence-electron chi connectivity index (χ1n) is 11.4. The van der Waals surface area contributed by atoms with Crippen molar-refractivity contribution >= 4 is 10.0 Å². The third-order valence-electron chi connectivity index (χ3n) is 6.46. The van der Waals surface area contributed by atoms with Crippen LogP contribution in [0.4, 0.5) is 0 Å². The Kier molecular flexibility index (Phi) is 8.57. The van der Waals surface area contributed by atoms with Gasteiger partial charge in [-0.15, -0.1) is 0 Å². The molecule has 0 radical (unpaired) electrons. The van der Waals surface area contributed by atoms with E-state index in [0.717, 1.165) is 38.2 Å². The standard InChI is InChI=1S/C23H38N2O4S/c1-3-19-30(26,27)24(2)20-23(11-17-28-18-12-23)21-7-9-22(10-8-21)29-16-6-15-25-13-4-5-14-25/h7-10H,3-6,11-20H2,1-2H3. The second-order valence-electron chi connectivity index (χ2n) is 8.74. The molecule has 170 valence electrons. The van der Waals surface area contributed by atoms with Gasteiger partial charge in [-0.25, -0.2) is 12.7 Å². The molecule has 0 aliphatic carbocycles. The lowest BCUT2D eigenvalue weighted by Crippen LogP contribution is -2.45.